The Kier molecular flexibility index (Phi) is 5.42. The van der Waals surface area contributed by atoms with Crippen LogP contribution < -0.4 is 10.6 Å². The largest absolute Gasteiger partial charge is 0.389 e. The van der Waals surface area contributed by atoms with Crippen molar-refractivity contribution in [3.05, 3.63) is 59.9 Å². The van der Waals surface area contributed by atoms with Crippen molar-refractivity contribution >= 4 is 22.9 Å². The number of fused-ring (bicyclic) bond motifs is 2. The number of aliphatic hydroxyl groups excluding tert-OH is 2. The fourth-order valence-electron chi connectivity index (χ4n) is 5.72. The number of pyridine rings is 2. The van der Waals surface area contributed by atoms with E-state index in [4.69, 9.17) is 9.97 Å². The molecule has 2 aliphatic rings. The van der Waals surface area contributed by atoms with Gasteiger partial charge >= 0.3 is 0 Å². The molecule has 4 aromatic heterocycles. The maximum absolute atomic E-state index is 12.6. The Morgan fingerprint density at radius 2 is 2.03 bits per heavy atom. The van der Waals surface area contributed by atoms with E-state index >= 15 is 0 Å². The summed E-state index contributed by atoms with van der Waals surface area (Å²) in [5.41, 5.74) is 3.51. The van der Waals surface area contributed by atoms with Crippen molar-refractivity contribution in [1.29, 1.82) is 0 Å². The second-order valence-electron chi connectivity index (χ2n) is 9.95. The Labute approximate surface area is 213 Å². The average Bonchev–Trinajstić information content (AvgIpc) is 3.43. The first-order valence-corrected chi connectivity index (χ1v) is 12.2. The topological polar surface area (TPSA) is 151 Å². The summed E-state index contributed by atoms with van der Waals surface area (Å²) in [5, 5.41) is 27.9. The van der Waals surface area contributed by atoms with Gasteiger partial charge < -0.3 is 25.4 Å². The van der Waals surface area contributed by atoms with E-state index in [0.29, 0.717) is 35.8 Å². The van der Waals surface area contributed by atoms with E-state index < -0.39 is 23.7 Å². The van der Waals surface area contributed by atoms with Gasteiger partial charge in [0, 0.05) is 36.6 Å². The zero-order valence-electron chi connectivity index (χ0n) is 20.8. The molecular formula is C26H28N8O3. The SMILES string of the molecule is CNC(=O)[C@@]12C[C@@H]1C(n1cnc3c(NCc4cccc(C)n4)nc(-c4cncc(C)c4)nc31)[C@H](O)[C@@H]2O. The minimum Gasteiger partial charge on any atom is -0.389 e. The molecule has 1 unspecified atom stereocenters. The molecule has 0 saturated heterocycles. The molecule has 0 aliphatic heterocycles. The Morgan fingerprint density at radius 1 is 1.19 bits per heavy atom. The number of hydrogen-bond donors (Lipinski definition) is 4. The monoisotopic (exact) mass is 500 g/mol. The first-order valence-electron chi connectivity index (χ1n) is 12.2. The summed E-state index contributed by atoms with van der Waals surface area (Å²) >= 11 is 0. The highest BCUT2D eigenvalue weighted by Crippen LogP contribution is 2.67. The minimum absolute atomic E-state index is 0.234. The Bertz CT molecular complexity index is 1520. The Hall–Kier alpha value is -3.96. The van der Waals surface area contributed by atoms with Crippen molar-refractivity contribution in [3.8, 4) is 11.4 Å². The number of hydrogen-bond acceptors (Lipinski definition) is 9. The third-order valence-corrected chi connectivity index (χ3v) is 7.58. The number of aromatic nitrogens is 6. The van der Waals surface area contributed by atoms with Crippen LogP contribution >= 0.6 is 0 Å². The molecule has 0 radical (unpaired) electrons. The van der Waals surface area contributed by atoms with Crippen LogP contribution in [0.25, 0.3) is 22.6 Å². The van der Waals surface area contributed by atoms with Gasteiger partial charge in [0.25, 0.3) is 0 Å². The number of rotatable bonds is 6. The fraction of sp³-hybridized carbons (Fsp3) is 0.385. The lowest BCUT2D eigenvalue weighted by molar-refractivity contribution is -0.132. The number of carbonyl (C=O) groups is 1. The normalized spacial score (nSPS) is 26.2. The summed E-state index contributed by atoms with van der Waals surface area (Å²) in [6.45, 7) is 4.32. The highest BCUT2D eigenvalue weighted by atomic mass is 16.3. The molecule has 4 heterocycles. The van der Waals surface area contributed by atoms with Crippen molar-refractivity contribution in [1.82, 2.24) is 34.8 Å². The summed E-state index contributed by atoms with van der Waals surface area (Å²) < 4.78 is 1.77. The Morgan fingerprint density at radius 3 is 2.78 bits per heavy atom. The molecule has 0 spiro atoms. The maximum Gasteiger partial charge on any atom is 0.229 e. The molecule has 4 N–H and O–H groups in total. The molecule has 5 atom stereocenters. The van der Waals surface area contributed by atoms with Crippen LogP contribution in [-0.2, 0) is 11.3 Å². The molecule has 0 bridgehead atoms. The zero-order chi connectivity index (χ0) is 25.9. The van der Waals surface area contributed by atoms with Gasteiger partial charge in [-0.3, -0.25) is 14.8 Å². The van der Waals surface area contributed by atoms with Crippen LogP contribution in [0, 0.1) is 25.2 Å². The molecule has 11 heteroatoms. The van der Waals surface area contributed by atoms with Crippen LogP contribution in [0.2, 0.25) is 0 Å². The van der Waals surface area contributed by atoms with E-state index in [1.807, 2.05) is 38.1 Å². The number of nitrogens with zero attached hydrogens (tertiary/aromatic N) is 6. The molecule has 2 saturated carbocycles. The number of amides is 1. The standard InChI is InChI=1S/C26H28N8O3/c1-13-7-15(10-28-9-13)22-32-23(29-11-16-6-4-5-14(2)31-16)18-24(33-22)34(12-30-18)19-17-8-26(17,25(37)27-3)21(36)20(19)35/h4-7,9-10,12,17,19-21,35-36H,8,11H2,1-3H3,(H,27,37)(H,29,32,33)/t17-,19?,20+,21+,26+/m1/s1. The van der Waals surface area contributed by atoms with Crippen molar-refractivity contribution in [2.24, 2.45) is 11.3 Å². The summed E-state index contributed by atoms with van der Waals surface area (Å²) in [6, 6.07) is 7.22. The lowest BCUT2D eigenvalue weighted by Crippen LogP contribution is -2.41. The van der Waals surface area contributed by atoms with E-state index in [1.54, 1.807) is 30.3 Å². The number of aryl methyl sites for hydroxylation is 2. The van der Waals surface area contributed by atoms with Crippen LogP contribution in [0.4, 0.5) is 5.82 Å². The third-order valence-electron chi connectivity index (χ3n) is 7.58. The highest BCUT2D eigenvalue weighted by molar-refractivity contribution is 5.88. The predicted octanol–water partition coefficient (Wildman–Crippen LogP) is 1.54. The van der Waals surface area contributed by atoms with Crippen molar-refractivity contribution in [3.63, 3.8) is 0 Å². The second kappa shape index (κ2) is 8.56. The molecular weight excluding hydrogens is 472 g/mol. The van der Waals surface area contributed by atoms with Gasteiger partial charge in [-0.1, -0.05) is 6.07 Å². The molecule has 0 aromatic carbocycles. The Balaban J connectivity index is 1.45. The van der Waals surface area contributed by atoms with E-state index in [2.05, 4.69) is 25.6 Å². The van der Waals surface area contributed by atoms with Gasteiger partial charge in [0.2, 0.25) is 5.91 Å². The van der Waals surface area contributed by atoms with E-state index in [1.165, 1.54) is 0 Å². The third kappa shape index (κ3) is 3.65. The van der Waals surface area contributed by atoms with Gasteiger partial charge in [-0.15, -0.1) is 0 Å². The van der Waals surface area contributed by atoms with Gasteiger partial charge in [0.15, 0.2) is 17.3 Å². The zero-order valence-corrected chi connectivity index (χ0v) is 20.8. The first kappa shape index (κ1) is 23.4. The van der Waals surface area contributed by atoms with Crippen LogP contribution in [0.1, 0.15) is 29.4 Å². The van der Waals surface area contributed by atoms with Gasteiger partial charge in [-0.2, -0.15) is 0 Å². The van der Waals surface area contributed by atoms with Crippen LogP contribution in [0.15, 0.2) is 43.0 Å². The van der Waals surface area contributed by atoms with E-state index in [-0.39, 0.29) is 11.8 Å². The predicted molar refractivity (Wildman–Crippen MR) is 135 cm³/mol. The summed E-state index contributed by atoms with van der Waals surface area (Å²) in [7, 11) is 1.54. The molecule has 6 rings (SSSR count). The second-order valence-corrected chi connectivity index (χ2v) is 9.95. The quantitative estimate of drug-likeness (QED) is 0.309. The average molecular weight is 501 g/mol. The highest BCUT2D eigenvalue weighted by Gasteiger charge is 2.75. The number of anilines is 1. The number of imidazole rings is 1. The van der Waals surface area contributed by atoms with Crippen LogP contribution in [0.3, 0.4) is 0 Å². The first-order chi connectivity index (χ1) is 17.8. The molecule has 37 heavy (non-hydrogen) atoms. The summed E-state index contributed by atoms with van der Waals surface area (Å²) in [4.78, 5) is 35.6. The van der Waals surface area contributed by atoms with Gasteiger partial charge in [0.05, 0.1) is 36.1 Å². The minimum atomic E-state index is -1.17. The van der Waals surface area contributed by atoms with Gasteiger partial charge in [0.1, 0.15) is 11.6 Å². The molecule has 4 aromatic rings. The van der Waals surface area contributed by atoms with Crippen LogP contribution in [0.5, 0.6) is 0 Å². The summed E-state index contributed by atoms with van der Waals surface area (Å²) in [5.74, 6) is 0.475. The fourth-order valence-corrected chi connectivity index (χ4v) is 5.72. The number of aliphatic hydroxyl groups is 2. The molecule has 11 nitrogen and oxygen atoms in total. The molecule has 2 fully saturated rings. The van der Waals surface area contributed by atoms with E-state index in [0.717, 1.165) is 22.5 Å². The lowest BCUT2D eigenvalue weighted by Gasteiger charge is -2.23. The molecule has 1 amide bonds. The maximum atomic E-state index is 12.6. The van der Waals surface area contributed by atoms with Gasteiger partial charge in [-0.05, 0) is 44.0 Å². The molecule has 190 valence electrons. The summed E-state index contributed by atoms with van der Waals surface area (Å²) in [6.07, 6.45) is 3.24. The van der Waals surface area contributed by atoms with Gasteiger partial charge in [-0.25, -0.2) is 15.0 Å². The number of nitrogens with one attached hydrogen (secondary N) is 2. The lowest BCUT2D eigenvalue weighted by atomic mass is 9.98. The van der Waals surface area contributed by atoms with Crippen molar-refractivity contribution in [2.45, 2.75) is 45.1 Å². The molecule has 2 aliphatic carbocycles. The van der Waals surface area contributed by atoms with Crippen molar-refractivity contribution < 1.29 is 15.0 Å². The smallest absolute Gasteiger partial charge is 0.229 e. The van der Waals surface area contributed by atoms with Crippen molar-refractivity contribution in [2.75, 3.05) is 12.4 Å². The van der Waals surface area contributed by atoms with E-state index in [9.17, 15) is 15.0 Å². The van der Waals surface area contributed by atoms with Crippen LogP contribution in [-0.4, -0.2) is 64.9 Å². The number of carbonyl (C=O) groups excluding carboxylic acids is 1.